The van der Waals surface area contributed by atoms with Gasteiger partial charge in [-0.1, -0.05) is 32.1 Å². The third-order valence-electron chi connectivity index (χ3n) is 1.83. The molecule has 0 radical (unpaired) electrons. The van der Waals surface area contributed by atoms with Gasteiger partial charge >= 0.3 is 0 Å². The summed E-state index contributed by atoms with van der Waals surface area (Å²) in [5.41, 5.74) is 0. The molecule has 0 spiro atoms. The van der Waals surface area contributed by atoms with Crippen LogP contribution in [0.3, 0.4) is 0 Å². The van der Waals surface area contributed by atoms with Crippen molar-refractivity contribution in [3.63, 3.8) is 0 Å². The second-order valence-corrected chi connectivity index (χ2v) is 3.19. The highest BCUT2D eigenvalue weighted by Crippen LogP contribution is 2.22. The summed E-state index contributed by atoms with van der Waals surface area (Å²) in [6.07, 6.45) is 6.45. The first-order chi connectivity index (χ1) is 4.20. The van der Waals surface area contributed by atoms with E-state index in [2.05, 4.69) is 44.7 Å². The van der Waals surface area contributed by atoms with Crippen LogP contribution in [0.1, 0.15) is 13.8 Å². The highest BCUT2D eigenvalue weighted by Gasteiger charge is 2.09. The first-order valence-corrected chi connectivity index (χ1v) is 3.74. The number of allylic oxidation sites excluding steroid dienone is 3. The van der Waals surface area contributed by atoms with Crippen molar-refractivity contribution in [3.8, 4) is 0 Å². The molecule has 50 valence electrons. The molecule has 0 N–H and O–H groups in total. The molecule has 2 atom stereocenters. The van der Waals surface area contributed by atoms with Crippen LogP contribution in [0, 0.1) is 11.8 Å². The van der Waals surface area contributed by atoms with Crippen LogP contribution in [0.15, 0.2) is 23.1 Å². The third kappa shape index (κ3) is 1.62. The number of thiol groups is 1. The molecule has 1 rings (SSSR count). The molecule has 0 aromatic rings. The number of hydrogen-bond donors (Lipinski definition) is 1. The van der Waals surface area contributed by atoms with Crippen molar-refractivity contribution in [1.82, 2.24) is 0 Å². The summed E-state index contributed by atoms with van der Waals surface area (Å²) in [5.74, 6) is 1.34. The van der Waals surface area contributed by atoms with Crippen LogP contribution in [0.2, 0.25) is 0 Å². The van der Waals surface area contributed by atoms with E-state index in [1.165, 1.54) is 0 Å². The van der Waals surface area contributed by atoms with Gasteiger partial charge in [-0.15, -0.1) is 12.6 Å². The number of hydrogen-bond acceptors (Lipinski definition) is 1. The molecule has 0 nitrogen and oxygen atoms in total. The minimum atomic E-state index is 0.655. The summed E-state index contributed by atoms with van der Waals surface area (Å²) >= 11 is 4.24. The molecule has 0 aliphatic heterocycles. The van der Waals surface area contributed by atoms with Crippen molar-refractivity contribution in [2.45, 2.75) is 13.8 Å². The van der Waals surface area contributed by atoms with Gasteiger partial charge in [0.05, 0.1) is 0 Å². The molecule has 1 heteroatoms. The third-order valence-corrected chi connectivity index (χ3v) is 2.13. The Hall–Kier alpha value is -0.170. The summed E-state index contributed by atoms with van der Waals surface area (Å²) in [6.45, 7) is 4.43. The highest BCUT2D eigenvalue weighted by atomic mass is 32.1. The standard InChI is InChI=1S/C8H12S/c1-6-3-4-8(9)5-7(6)2/h3-7,9H,1-2H3. The van der Waals surface area contributed by atoms with Crippen molar-refractivity contribution >= 4 is 12.6 Å². The van der Waals surface area contributed by atoms with E-state index < -0.39 is 0 Å². The Morgan fingerprint density at radius 2 is 2.00 bits per heavy atom. The summed E-state index contributed by atoms with van der Waals surface area (Å²) in [7, 11) is 0. The van der Waals surface area contributed by atoms with Gasteiger partial charge in [-0.25, -0.2) is 0 Å². The minimum absolute atomic E-state index is 0.655. The predicted octanol–water partition coefficient (Wildman–Crippen LogP) is 2.64. The fourth-order valence-corrected chi connectivity index (χ4v) is 1.22. The smallest absolute Gasteiger partial charge is 0.0000158 e. The van der Waals surface area contributed by atoms with E-state index in [9.17, 15) is 0 Å². The van der Waals surface area contributed by atoms with Crippen molar-refractivity contribution in [2.24, 2.45) is 11.8 Å². The van der Waals surface area contributed by atoms with Gasteiger partial charge in [0.25, 0.3) is 0 Å². The molecule has 0 fully saturated rings. The van der Waals surface area contributed by atoms with Gasteiger partial charge in [0, 0.05) is 0 Å². The van der Waals surface area contributed by atoms with Gasteiger partial charge in [0.2, 0.25) is 0 Å². The second-order valence-electron chi connectivity index (χ2n) is 2.67. The summed E-state index contributed by atoms with van der Waals surface area (Å²) in [4.78, 5) is 1.10. The molecule has 2 unspecified atom stereocenters. The van der Waals surface area contributed by atoms with Gasteiger partial charge in [-0.05, 0) is 16.7 Å². The van der Waals surface area contributed by atoms with Crippen LogP contribution >= 0.6 is 12.6 Å². The molecule has 0 amide bonds. The van der Waals surface area contributed by atoms with Crippen molar-refractivity contribution in [2.75, 3.05) is 0 Å². The Labute approximate surface area is 62.1 Å². The maximum atomic E-state index is 4.24. The van der Waals surface area contributed by atoms with Gasteiger partial charge in [-0.2, -0.15) is 0 Å². The highest BCUT2D eigenvalue weighted by molar-refractivity contribution is 7.84. The molecule has 0 saturated carbocycles. The fraction of sp³-hybridized carbons (Fsp3) is 0.500. The van der Waals surface area contributed by atoms with Crippen LogP contribution in [0.5, 0.6) is 0 Å². The van der Waals surface area contributed by atoms with Gasteiger partial charge in [0.15, 0.2) is 0 Å². The minimum Gasteiger partial charge on any atom is -0.144 e. The lowest BCUT2D eigenvalue weighted by atomic mass is 9.92. The van der Waals surface area contributed by atoms with Gasteiger partial charge < -0.3 is 0 Å². The molecule has 9 heavy (non-hydrogen) atoms. The summed E-state index contributed by atoms with van der Waals surface area (Å²) in [5, 5.41) is 0. The lowest BCUT2D eigenvalue weighted by Gasteiger charge is -2.16. The first kappa shape index (κ1) is 6.94. The molecule has 1 aliphatic rings. The largest absolute Gasteiger partial charge is 0.144 e. The molecule has 1 aliphatic carbocycles. The lowest BCUT2D eigenvalue weighted by Crippen LogP contribution is -2.04. The normalized spacial score (nSPS) is 34.3. The Kier molecular flexibility index (Phi) is 2.01. The zero-order valence-corrected chi connectivity index (χ0v) is 6.73. The first-order valence-electron chi connectivity index (χ1n) is 3.29. The average molecular weight is 140 g/mol. The molecular weight excluding hydrogens is 128 g/mol. The van der Waals surface area contributed by atoms with E-state index in [4.69, 9.17) is 0 Å². The number of rotatable bonds is 0. The zero-order chi connectivity index (χ0) is 6.85. The van der Waals surface area contributed by atoms with Crippen LogP contribution in [-0.2, 0) is 0 Å². The molecule has 0 bridgehead atoms. The van der Waals surface area contributed by atoms with Crippen LogP contribution in [-0.4, -0.2) is 0 Å². The van der Waals surface area contributed by atoms with E-state index >= 15 is 0 Å². The quantitative estimate of drug-likeness (QED) is 0.491. The topological polar surface area (TPSA) is 0 Å². The van der Waals surface area contributed by atoms with Crippen LogP contribution in [0.25, 0.3) is 0 Å². The van der Waals surface area contributed by atoms with Gasteiger partial charge in [0.1, 0.15) is 0 Å². The Morgan fingerprint density at radius 1 is 1.33 bits per heavy atom. The Balaban J connectivity index is 2.70. The molecule has 0 aromatic heterocycles. The van der Waals surface area contributed by atoms with E-state index in [-0.39, 0.29) is 0 Å². The van der Waals surface area contributed by atoms with E-state index in [1.54, 1.807) is 0 Å². The van der Waals surface area contributed by atoms with Crippen molar-refractivity contribution in [1.29, 1.82) is 0 Å². The van der Waals surface area contributed by atoms with Crippen molar-refractivity contribution in [3.05, 3.63) is 23.1 Å². The molecular formula is C8H12S. The Morgan fingerprint density at radius 3 is 2.44 bits per heavy atom. The Bertz CT molecular complexity index is 156. The van der Waals surface area contributed by atoms with Gasteiger partial charge in [-0.3, -0.25) is 0 Å². The van der Waals surface area contributed by atoms with E-state index in [0.29, 0.717) is 11.8 Å². The monoisotopic (exact) mass is 140 g/mol. The molecule has 0 aromatic carbocycles. The summed E-state index contributed by atoms with van der Waals surface area (Å²) in [6, 6.07) is 0. The van der Waals surface area contributed by atoms with E-state index in [0.717, 1.165) is 4.91 Å². The maximum absolute atomic E-state index is 4.24. The van der Waals surface area contributed by atoms with Crippen LogP contribution < -0.4 is 0 Å². The molecule has 0 saturated heterocycles. The zero-order valence-electron chi connectivity index (χ0n) is 5.83. The average Bonchev–Trinajstić information content (AvgIpc) is 1.80. The van der Waals surface area contributed by atoms with Crippen molar-refractivity contribution < 1.29 is 0 Å². The maximum Gasteiger partial charge on any atom is -0.0000158 e. The lowest BCUT2D eigenvalue weighted by molar-refractivity contribution is 0.551. The van der Waals surface area contributed by atoms with E-state index in [1.807, 2.05) is 0 Å². The second kappa shape index (κ2) is 2.61. The SMILES string of the molecule is CC1C=CC(S)=CC1C. The van der Waals surface area contributed by atoms with Crippen LogP contribution in [0.4, 0.5) is 0 Å². The molecule has 0 heterocycles. The fourth-order valence-electron chi connectivity index (χ4n) is 0.902. The summed E-state index contributed by atoms with van der Waals surface area (Å²) < 4.78 is 0. The predicted molar refractivity (Wildman–Crippen MR) is 44.5 cm³/mol.